The van der Waals surface area contributed by atoms with E-state index < -0.39 is 0 Å². The molecule has 5 nitrogen and oxygen atoms in total. The van der Waals surface area contributed by atoms with E-state index in [2.05, 4.69) is 29.0 Å². The SMILES string of the molecule is CC(C)N1CCC(N2CCC(C(=O)NCCO)CC2)CC1. The molecule has 0 radical (unpaired) electrons. The van der Waals surface area contributed by atoms with Crippen LogP contribution in [0.15, 0.2) is 0 Å². The smallest absolute Gasteiger partial charge is 0.223 e. The molecule has 2 N–H and O–H groups in total. The third kappa shape index (κ3) is 4.66. The highest BCUT2D eigenvalue weighted by molar-refractivity contribution is 5.78. The summed E-state index contributed by atoms with van der Waals surface area (Å²) < 4.78 is 0. The Labute approximate surface area is 128 Å². The fraction of sp³-hybridized carbons (Fsp3) is 0.938. The maximum atomic E-state index is 11.9. The zero-order valence-corrected chi connectivity index (χ0v) is 13.6. The second kappa shape index (κ2) is 8.11. The molecule has 0 saturated carbocycles. The second-order valence-corrected chi connectivity index (χ2v) is 6.69. The van der Waals surface area contributed by atoms with Gasteiger partial charge in [-0.15, -0.1) is 0 Å². The third-order valence-corrected chi connectivity index (χ3v) is 5.06. The van der Waals surface area contributed by atoms with Crippen molar-refractivity contribution in [3.05, 3.63) is 0 Å². The first-order chi connectivity index (χ1) is 10.1. The van der Waals surface area contributed by atoms with Crippen LogP contribution in [0, 0.1) is 5.92 Å². The summed E-state index contributed by atoms with van der Waals surface area (Å²) in [7, 11) is 0. The summed E-state index contributed by atoms with van der Waals surface area (Å²) in [6.45, 7) is 9.46. The Bertz CT molecular complexity index is 319. The highest BCUT2D eigenvalue weighted by Gasteiger charge is 2.30. The quantitative estimate of drug-likeness (QED) is 0.783. The predicted octanol–water partition coefficient (Wildman–Crippen LogP) is 0.680. The molecular formula is C16H31N3O2. The minimum absolute atomic E-state index is 0.0268. The molecule has 0 aliphatic carbocycles. The lowest BCUT2D eigenvalue weighted by Gasteiger charge is -2.42. The van der Waals surface area contributed by atoms with Gasteiger partial charge in [-0.05, 0) is 65.7 Å². The minimum Gasteiger partial charge on any atom is -0.395 e. The molecule has 2 saturated heterocycles. The third-order valence-electron chi connectivity index (χ3n) is 5.06. The van der Waals surface area contributed by atoms with Gasteiger partial charge in [0, 0.05) is 24.5 Å². The number of carbonyl (C=O) groups is 1. The van der Waals surface area contributed by atoms with Crippen molar-refractivity contribution in [2.24, 2.45) is 5.92 Å². The van der Waals surface area contributed by atoms with E-state index >= 15 is 0 Å². The predicted molar refractivity (Wildman–Crippen MR) is 84.1 cm³/mol. The first kappa shape index (κ1) is 16.7. The topological polar surface area (TPSA) is 55.8 Å². The molecule has 2 fully saturated rings. The fourth-order valence-electron chi connectivity index (χ4n) is 3.62. The van der Waals surface area contributed by atoms with Crippen LogP contribution in [0.2, 0.25) is 0 Å². The molecule has 0 aromatic carbocycles. The van der Waals surface area contributed by atoms with Crippen LogP contribution in [-0.2, 0) is 4.79 Å². The number of hydrogen-bond acceptors (Lipinski definition) is 4. The Morgan fingerprint density at radius 3 is 2.29 bits per heavy atom. The van der Waals surface area contributed by atoms with E-state index in [4.69, 9.17) is 5.11 Å². The number of piperidine rings is 2. The van der Waals surface area contributed by atoms with Gasteiger partial charge in [-0.25, -0.2) is 0 Å². The molecule has 2 heterocycles. The maximum Gasteiger partial charge on any atom is 0.223 e. The van der Waals surface area contributed by atoms with E-state index in [-0.39, 0.29) is 18.4 Å². The highest BCUT2D eigenvalue weighted by atomic mass is 16.3. The van der Waals surface area contributed by atoms with Crippen molar-refractivity contribution in [2.75, 3.05) is 39.3 Å². The lowest BCUT2D eigenvalue weighted by Crippen LogP contribution is -2.50. The Kier molecular flexibility index (Phi) is 6.45. The average molecular weight is 297 g/mol. The van der Waals surface area contributed by atoms with Crippen molar-refractivity contribution in [2.45, 2.75) is 51.6 Å². The molecule has 122 valence electrons. The van der Waals surface area contributed by atoms with E-state index in [9.17, 15) is 4.79 Å². The molecule has 0 spiro atoms. The normalized spacial score (nSPS) is 23.6. The summed E-state index contributed by atoms with van der Waals surface area (Å²) in [5, 5.41) is 11.6. The maximum absolute atomic E-state index is 11.9. The van der Waals surface area contributed by atoms with Crippen LogP contribution in [0.1, 0.15) is 39.5 Å². The van der Waals surface area contributed by atoms with Crippen LogP contribution in [0.3, 0.4) is 0 Å². The van der Waals surface area contributed by atoms with Crippen molar-refractivity contribution < 1.29 is 9.90 Å². The average Bonchev–Trinajstić information content (AvgIpc) is 2.53. The van der Waals surface area contributed by atoms with Crippen LogP contribution in [-0.4, -0.2) is 72.2 Å². The van der Waals surface area contributed by atoms with E-state index in [0.29, 0.717) is 18.6 Å². The van der Waals surface area contributed by atoms with Crippen molar-refractivity contribution in [1.82, 2.24) is 15.1 Å². The fourth-order valence-corrected chi connectivity index (χ4v) is 3.62. The number of aliphatic hydroxyl groups excluding tert-OH is 1. The van der Waals surface area contributed by atoms with E-state index in [1.54, 1.807) is 0 Å². The van der Waals surface area contributed by atoms with Crippen molar-refractivity contribution in [1.29, 1.82) is 0 Å². The lowest BCUT2D eigenvalue weighted by molar-refractivity contribution is -0.126. The van der Waals surface area contributed by atoms with Gasteiger partial charge in [0.05, 0.1) is 6.61 Å². The molecular weight excluding hydrogens is 266 g/mol. The molecule has 21 heavy (non-hydrogen) atoms. The van der Waals surface area contributed by atoms with E-state index in [1.165, 1.54) is 25.9 Å². The minimum atomic E-state index is 0.0268. The van der Waals surface area contributed by atoms with Gasteiger partial charge in [0.15, 0.2) is 0 Å². The zero-order valence-electron chi connectivity index (χ0n) is 13.6. The lowest BCUT2D eigenvalue weighted by atomic mass is 9.92. The molecule has 0 atom stereocenters. The van der Waals surface area contributed by atoms with E-state index in [1.807, 2.05) is 0 Å². The number of likely N-dealkylation sites (tertiary alicyclic amines) is 2. The van der Waals surface area contributed by atoms with Crippen molar-refractivity contribution in [3.63, 3.8) is 0 Å². The van der Waals surface area contributed by atoms with Gasteiger partial charge in [0.2, 0.25) is 5.91 Å². The van der Waals surface area contributed by atoms with Crippen LogP contribution in [0.4, 0.5) is 0 Å². The first-order valence-corrected chi connectivity index (χ1v) is 8.48. The summed E-state index contributed by atoms with van der Waals surface area (Å²) in [5.41, 5.74) is 0. The van der Waals surface area contributed by atoms with Gasteiger partial charge in [-0.3, -0.25) is 4.79 Å². The van der Waals surface area contributed by atoms with Gasteiger partial charge in [-0.1, -0.05) is 0 Å². The molecule has 2 aliphatic rings. The Morgan fingerprint density at radius 2 is 1.76 bits per heavy atom. The molecule has 0 bridgehead atoms. The molecule has 2 rings (SSSR count). The van der Waals surface area contributed by atoms with Crippen LogP contribution in [0.25, 0.3) is 0 Å². The summed E-state index contributed by atoms with van der Waals surface area (Å²) in [6, 6.07) is 1.37. The Balaban J connectivity index is 1.71. The summed E-state index contributed by atoms with van der Waals surface area (Å²) >= 11 is 0. The standard InChI is InChI=1S/C16H31N3O2/c1-13(2)18-10-5-15(6-11-18)19-8-3-14(4-9-19)16(21)17-7-12-20/h13-15,20H,3-12H2,1-2H3,(H,17,21). The van der Waals surface area contributed by atoms with Crippen molar-refractivity contribution in [3.8, 4) is 0 Å². The number of carbonyl (C=O) groups excluding carboxylic acids is 1. The van der Waals surface area contributed by atoms with Crippen LogP contribution < -0.4 is 5.32 Å². The molecule has 0 aromatic heterocycles. The number of nitrogens with zero attached hydrogens (tertiary/aromatic N) is 2. The number of hydrogen-bond donors (Lipinski definition) is 2. The summed E-state index contributed by atoms with van der Waals surface area (Å²) in [4.78, 5) is 17.1. The molecule has 5 heteroatoms. The molecule has 1 amide bonds. The second-order valence-electron chi connectivity index (χ2n) is 6.69. The number of aliphatic hydroxyl groups is 1. The number of amides is 1. The van der Waals surface area contributed by atoms with Crippen molar-refractivity contribution >= 4 is 5.91 Å². The van der Waals surface area contributed by atoms with Gasteiger partial charge < -0.3 is 20.2 Å². The van der Waals surface area contributed by atoms with Gasteiger partial charge >= 0.3 is 0 Å². The molecule has 0 aromatic rings. The number of rotatable bonds is 5. The molecule has 2 aliphatic heterocycles. The number of nitrogens with one attached hydrogen (secondary N) is 1. The largest absolute Gasteiger partial charge is 0.395 e. The summed E-state index contributed by atoms with van der Waals surface area (Å²) in [5.74, 6) is 0.266. The van der Waals surface area contributed by atoms with Gasteiger partial charge in [0.1, 0.15) is 0 Å². The Hall–Kier alpha value is -0.650. The highest BCUT2D eigenvalue weighted by Crippen LogP contribution is 2.24. The van der Waals surface area contributed by atoms with Crippen LogP contribution >= 0.6 is 0 Å². The zero-order chi connectivity index (χ0) is 15.2. The Morgan fingerprint density at radius 1 is 1.14 bits per heavy atom. The van der Waals surface area contributed by atoms with Gasteiger partial charge in [-0.2, -0.15) is 0 Å². The first-order valence-electron chi connectivity index (χ1n) is 8.48. The van der Waals surface area contributed by atoms with Gasteiger partial charge in [0.25, 0.3) is 0 Å². The van der Waals surface area contributed by atoms with E-state index in [0.717, 1.165) is 25.9 Å². The summed E-state index contributed by atoms with van der Waals surface area (Å²) in [6.07, 6.45) is 4.45. The monoisotopic (exact) mass is 297 g/mol. The molecule has 0 unspecified atom stereocenters. The van der Waals surface area contributed by atoms with Crippen LogP contribution in [0.5, 0.6) is 0 Å².